The lowest BCUT2D eigenvalue weighted by Crippen LogP contribution is -2.29. The third-order valence-electron chi connectivity index (χ3n) is 2.77. The maximum atomic E-state index is 11.9. The second-order valence-electron chi connectivity index (χ2n) is 3.87. The lowest BCUT2D eigenvalue weighted by Gasteiger charge is -2.20. The number of amides is 1. The quantitative estimate of drug-likeness (QED) is 0.473. The number of carbonyl (C=O) groups excluding carboxylic acids is 1. The van der Waals surface area contributed by atoms with Crippen molar-refractivity contribution in [3.63, 3.8) is 0 Å². The molecule has 0 saturated heterocycles. The van der Waals surface area contributed by atoms with Crippen LogP contribution in [-0.2, 0) is 4.84 Å². The van der Waals surface area contributed by atoms with Crippen LogP contribution in [0.1, 0.15) is 28.6 Å². The first-order valence-electron chi connectivity index (χ1n) is 5.46. The van der Waals surface area contributed by atoms with Crippen molar-refractivity contribution in [1.82, 2.24) is 4.90 Å². The van der Waals surface area contributed by atoms with Crippen LogP contribution in [-0.4, -0.2) is 34.2 Å². The van der Waals surface area contributed by atoms with Gasteiger partial charge in [-0.2, -0.15) is 0 Å². The Morgan fingerprint density at radius 2 is 2.17 bits per heavy atom. The van der Waals surface area contributed by atoms with Crippen LogP contribution in [0.3, 0.4) is 0 Å². The topological polar surface area (TPSA) is 92.9 Å². The number of hydrogen-bond donors (Lipinski definition) is 1. The van der Waals surface area contributed by atoms with E-state index in [0.717, 1.165) is 0 Å². The van der Waals surface area contributed by atoms with E-state index in [9.17, 15) is 20.0 Å². The van der Waals surface area contributed by atoms with Crippen molar-refractivity contribution < 1.29 is 19.8 Å². The van der Waals surface area contributed by atoms with Crippen molar-refractivity contribution in [3.8, 4) is 0 Å². The third kappa shape index (κ3) is 2.25. The second kappa shape index (κ2) is 5.01. The molecule has 7 nitrogen and oxygen atoms in total. The fraction of sp³-hybridized carbons (Fsp3) is 0.364. The Bertz CT molecular complexity index is 476. The van der Waals surface area contributed by atoms with Gasteiger partial charge in [-0.25, -0.2) is 0 Å². The summed E-state index contributed by atoms with van der Waals surface area (Å²) in [5.74, 6) is -0.265. The van der Waals surface area contributed by atoms with E-state index in [1.807, 2.05) is 0 Å². The van der Waals surface area contributed by atoms with E-state index < -0.39 is 11.3 Å². The zero-order valence-electron chi connectivity index (χ0n) is 9.48. The van der Waals surface area contributed by atoms with Crippen LogP contribution >= 0.6 is 0 Å². The van der Waals surface area contributed by atoms with Crippen LogP contribution in [0.4, 0.5) is 0 Å². The molecule has 1 aromatic rings. The molecule has 18 heavy (non-hydrogen) atoms. The summed E-state index contributed by atoms with van der Waals surface area (Å²) < 4.78 is 0. The Balaban J connectivity index is 1.96. The number of aliphatic hydroxyl groups excluding tert-OH is 1. The lowest BCUT2D eigenvalue weighted by atomic mass is 10.1. The summed E-state index contributed by atoms with van der Waals surface area (Å²) in [5.41, 5.74) is 1.04. The van der Waals surface area contributed by atoms with Gasteiger partial charge in [-0.05, 0) is 12.5 Å². The molecule has 1 aliphatic heterocycles. The molecule has 1 atom stereocenters. The van der Waals surface area contributed by atoms with Crippen LogP contribution in [0.15, 0.2) is 24.3 Å². The van der Waals surface area contributed by atoms with E-state index in [2.05, 4.69) is 4.84 Å². The van der Waals surface area contributed by atoms with Crippen LogP contribution in [0.25, 0.3) is 0 Å². The predicted octanol–water partition coefficient (Wildman–Crippen LogP) is 0.732. The Labute approximate surface area is 103 Å². The number of carbonyl (C=O) groups is 1. The lowest BCUT2D eigenvalue weighted by molar-refractivity contribution is -0.757. The summed E-state index contributed by atoms with van der Waals surface area (Å²) in [4.78, 5) is 27.3. The first kappa shape index (κ1) is 12.3. The van der Waals surface area contributed by atoms with Gasteiger partial charge >= 0.3 is 0 Å². The van der Waals surface area contributed by atoms with Gasteiger partial charge < -0.3 is 14.8 Å². The highest BCUT2D eigenvalue weighted by molar-refractivity contribution is 5.98. The van der Waals surface area contributed by atoms with E-state index in [1.54, 1.807) is 24.3 Å². The Kier molecular flexibility index (Phi) is 3.42. The molecule has 0 fully saturated rings. The van der Waals surface area contributed by atoms with E-state index in [4.69, 9.17) is 0 Å². The third-order valence-corrected chi connectivity index (χ3v) is 2.77. The van der Waals surface area contributed by atoms with E-state index >= 15 is 0 Å². The summed E-state index contributed by atoms with van der Waals surface area (Å²) in [5, 5.41) is 19.0. The molecule has 7 heteroatoms. The van der Waals surface area contributed by atoms with Gasteiger partial charge in [0, 0.05) is 17.7 Å². The number of nitrogens with zero attached hydrogens (tertiary/aromatic N) is 2. The number of hydrogen-bond acceptors (Lipinski definition) is 5. The Morgan fingerprint density at radius 1 is 1.44 bits per heavy atom. The summed E-state index contributed by atoms with van der Waals surface area (Å²) in [6.45, 7) is 0.113. The monoisotopic (exact) mass is 252 g/mol. The first-order valence-corrected chi connectivity index (χ1v) is 5.46. The minimum Gasteiger partial charge on any atom is -0.369 e. The SMILES string of the molecule is O=C1c2ccccc2C(O)N1CCCO[N+](=O)[O-]. The van der Waals surface area contributed by atoms with Crippen LogP contribution in [0, 0.1) is 10.1 Å². The minimum absolute atomic E-state index is 0.0974. The Hall–Kier alpha value is -2.15. The first-order chi connectivity index (χ1) is 8.61. The number of benzene rings is 1. The van der Waals surface area contributed by atoms with Crippen LogP contribution < -0.4 is 0 Å². The second-order valence-corrected chi connectivity index (χ2v) is 3.87. The van der Waals surface area contributed by atoms with Gasteiger partial charge in [0.25, 0.3) is 11.0 Å². The molecule has 1 aromatic carbocycles. The molecule has 1 unspecified atom stereocenters. The van der Waals surface area contributed by atoms with Crippen molar-refractivity contribution in [2.75, 3.05) is 13.2 Å². The summed E-state index contributed by atoms with van der Waals surface area (Å²) >= 11 is 0. The van der Waals surface area contributed by atoms with E-state index in [1.165, 1.54) is 4.90 Å². The minimum atomic E-state index is -0.982. The molecule has 0 radical (unpaired) electrons. The van der Waals surface area contributed by atoms with Crippen molar-refractivity contribution in [3.05, 3.63) is 45.5 Å². The fourth-order valence-corrected chi connectivity index (χ4v) is 1.95. The molecule has 1 amide bonds. The molecule has 96 valence electrons. The van der Waals surface area contributed by atoms with Crippen molar-refractivity contribution in [2.24, 2.45) is 0 Å². The van der Waals surface area contributed by atoms with Gasteiger partial charge in [0.15, 0.2) is 6.23 Å². The van der Waals surface area contributed by atoms with Gasteiger partial charge in [-0.1, -0.05) is 18.2 Å². The van der Waals surface area contributed by atoms with Gasteiger partial charge in [0.2, 0.25) is 0 Å². The highest BCUT2D eigenvalue weighted by Crippen LogP contribution is 2.31. The zero-order chi connectivity index (χ0) is 13.1. The maximum Gasteiger partial charge on any atom is 0.294 e. The molecule has 0 aliphatic carbocycles. The van der Waals surface area contributed by atoms with Gasteiger partial charge in [-0.3, -0.25) is 4.79 Å². The molecule has 0 aromatic heterocycles. The number of rotatable bonds is 5. The summed E-state index contributed by atoms with van der Waals surface area (Å²) in [7, 11) is 0. The maximum absolute atomic E-state index is 11.9. The van der Waals surface area contributed by atoms with Crippen molar-refractivity contribution in [2.45, 2.75) is 12.6 Å². The molecule has 0 saturated carbocycles. The van der Waals surface area contributed by atoms with Crippen molar-refractivity contribution in [1.29, 1.82) is 0 Å². The number of fused-ring (bicyclic) bond motifs is 1. The van der Waals surface area contributed by atoms with Gasteiger partial charge in [-0.15, -0.1) is 10.1 Å². The van der Waals surface area contributed by atoms with Crippen LogP contribution in [0.5, 0.6) is 0 Å². The van der Waals surface area contributed by atoms with Crippen LogP contribution in [0.2, 0.25) is 0 Å². The summed E-state index contributed by atoms with van der Waals surface area (Å²) in [6.07, 6.45) is -0.693. The highest BCUT2D eigenvalue weighted by atomic mass is 16.9. The predicted molar refractivity (Wildman–Crippen MR) is 60.0 cm³/mol. The highest BCUT2D eigenvalue weighted by Gasteiger charge is 2.34. The smallest absolute Gasteiger partial charge is 0.294 e. The fourth-order valence-electron chi connectivity index (χ4n) is 1.95. The molecule has 1 aliphatic rings. The van der Waals surface area contributed by atoms with Crippen molar-refractivity contribution >= 4 is 5.91 Å². The van der Waals surface area contributed by atoms with Gasteiger partial charge in [0.1, 0.15) is 0 Å². The molecule has 1 heterocycles. The standard InChI is InChI=1S/C11H12N2O5/c14-10-8-4-1-2-5-9(8)11(15)12(10)6-3-7-18-13(16)17/h1-2,4-5,10,14H,3,6-7H2. The molecule has 0 bridgehead atoms. The molecular formula is C11H12N2O5. The average Bonchev–Trinajstić information content (AvgIpc) is 2.59. The van der Waals surface area contributed by atoms with E-state index in [0.29, 0.717) is 11.1 Å². The van der Waals surface area contributed by atoms with E-state index in [-0.39, 0.29) is 25.5 Å². The largest absolute Gasteiger partial charge is 0.369 e. The molecular weight excluding hydrogens is 240 g/mol. The molecule has 1 N–H and O–H groups in total. The zero-order valence-corrected chi connectivity index (χ0v) is 9.48. The average molecular weight is 252 g/mol. The molecule has 2 rings (SSSR count). The summed E-state index contributed by atoms with van der Waals surface area (Å²) in [6, 6.07) is 6.80. The number of aliphatic hydroxyl groups is 1. The molecule has 0 spiro atoms. The van der Waals surface area contributed by atoms with Gasteiger partial charge in [0.05, 0.1) is 6.61 Å². The normalized spacial score (nSPS) is 17.7. The Morgan fingerprint density at radius 3 is 2.83 bits per heavy atom.